The molecule has 0 fully saturated rings. The number of aromatic carboxylic acids is 1. The van der Waals surface area contributed by atoms with Gasteiger partial charge in [0.05, 0.1) is 17.6 Å². The summed E-state index contributed by atoms with van der Waals surface area (Å²) in [6, 6.07) is 7.84. The first-order valence-corrected chi connectivity index (χ1v) is 12.0. The van der Waals surface area contributed by atoms with Crippen molar-refractivity contribution in [2.24, 2.45) is 0 Å². The molecule has 2 aromatic rings. The zero-order valence-corrected chi connectivity index (χ0v) is 20.9. The molecule has 0 saturated carbocycles. The minimum absolute atomic E-state index is 0.0414. The van der Waals surface area contributed by atoms with Crippen LogP contribution in [0.4, 0.5) is 0 Å². The van der Waals surface area contributed by atoms with Gasteiger partial charge in [-0.05, 0) is 91.5 Å². The molecular weight excluding hydrogens is 713 g/mol. The van der Waals surface area contributed by atoms with E-state index in [0.717, 1.165) is 9.13 Å². The van der Waals surface area contributed by atoms with Crippen molar-refractivity contribution < 1.29 is 27.2 Å². The summed E-state index contributed by atoms with van der Waals surface area (Å²) >= 11 is 5.90. The molecule has 2 rings (SSSR count). The van der Waals surface area contributed by atoms with Crippen LogP contribution in [0.1, 0.15) is 15.9 Å². The molecule has 0 radical (unpaired) electrons. The SMILES string of the molecule is C=Cc1ccc(S(=O)(=O)OCCOc2c(I)cc(I)c(C(=O)O)c2I)cc1. The molecule has 0 aromatic heterocycles. The van der Waals surface area contributed by atoms with E-state index < -0.39 is 16.1 Å². The summed E-state index contributed by atoms with van der Waals surface area (Å²) < 4.78 is 36.7. The van der Waals surface area contributed by atoms with E-state index in [0.29, 0.717) is 12.9 Å². The lowest BCUT2D eigenvalue weighted by Gasteiger charge is -2.13. The van der Waals surface area contributed by atoms with Crippen LogP contribution in [0.2, 0.25) is 0 Å². The molecule has 0 heterocycles. The number of hydrogen-bond donors (Lipinski definition) is 1. The standard InChI is InChI=1S/C17H13I3O6S/c1-2-10-3-5-11(6-4-10)27(23,24)26-8-7-25-16-13(19)9-12(18)14(15(16)20)17(21)22/h2-6,9H,1,7-8H2,(H,21,22). The van der Waals surface area contributed by atoms with E-state index in [9.17, 15) is 18.3 Å². The molecule has 0 atom stereocenters. The van der Waals surface area contributed by atoms with Gasteiger partial charge in [-0.1, -0.05) is 24.8 Å². The largest absolute Gasteiger partial charge is 0.489 e. The lowest BCUT2D eigenvalue weighted by atomic mass is 10.2. The second-order valence-electron chi connectivity index (χ2n) is 5.06. The number of ether oxygens (including phenoxy) is 1. The van der Waals surface area contributed by atoms with Crippen LogP contribution in [0.15, 0.2) is 41.8 Å². The molecule has 1 N–H and O–H groups in total. The fraction of sp³-hybridized carbons (Fsp3) is 0.118. The second kappa shape index (κ2) is 9.84. The van der Waals surface area contributed by atoms with Crippen molar-refractivity contribution in [1.82, 2.24) is 0 Å². The van der Waals surface area contributed by atoms with Gasteiger partial charge in [-0.25, -0.2) is 4.79 Å². The fourth-order valence-corrected chi connectivity index (χ4v) is 7.06. The van der Waals surface area contributed by atoms with Crippen LogP contribution >= 0.6 is 67.8 Å². The number of carboxylic acid groups (broad SMARTS) is 1. The Labute approximate surface area is 197 Å². The molecule has 0 unspecified atom stereocenters. The van der Waals surface area contributed by atoms with Gasteiger partial charge >= 0.3 is 5.97 Å². The van der Waals surface area contributed by atoms with Crippen molar-refractivity contribution in [3.63, 3.8) is 0 Å². The average molecular weight is 726 g/mol. The highest BCUT2D eigenvalue weighted by molar-refractivity contribution is 14.1. The fourth-order valence-electron chi connectivity index (χ4n) is 2.03. The lowest BCUT2D eigenvalue weighted by Crippen LogP contribution is -2.15. The minimum Gasteiger partial charge on any atom is -0.489 e. The summed E-state index contributed by atoms with van der Waals surface area (Å²) in [5.74, 6) is -0.655. The van der Waals surface area contributed by atoms with Gasteiger partial charge in [-0.2, -0.15) is 8.42 Å². The summed E-state index contributed by atoms with van der Waals surface area (Å²) in [5.41, 5.74) is 0.955. The maximum atomic E-state index is 12.2. The Bertz CT molecular complexity index is 971. The Morgan fingerprint density at radius 1 is 1.11 bits per heavy atom. The minimum atomic E-state index is -3.90. The molecule has 0 spiro atoms. The Morgan fingerprint density at radius 3 is 2.30 bits per heavy atom. The first-order valence-electron chi connectivity index (χ1n) is 7.33. The van der Waals surface area contributed by atoms with Gasteiger partial charge in [0.1, 0.15) is 19.0 Å². The van der Waals surface area contributed by atoms with Crippen molar-refractivity contribution in [2.75, 3.05) is 13.2 Å². The molecular formula is C17H13I3O6S. The van der Waals surface area contributed by atoms with Crippen molar-refractivity contribution in [1.29, 1.82) is 0 Å². The highest BCUT2D eigenvalue weighted by Crippen LogP contribution is 2.33. The summed E-state index contributed by atoms with van der Waals surface area (Å²) in [7, 11) is -3.90. The summed E-state index contributed by atoms with van der Waals surface area (Å²) in [5, 5.41) is 9.33. The van der Waals surface area contributed by atoms with Crippen LogP contribution in [0.3, 0.4) is 0 Å². The van der Waals surface area contributed by atoms with Gasteiger partial charge in [-0.3, -0.25) is 4.18 Å². The maximum Gasteiger partial charge on any atom is 0.337 e. The average Bonchev–Trinajstić information content (AvgIpc) is 2.60. The van der Waals surface area contributed by atoms with Crippen molar-refractivity contribution >= 4 is 89.9 Å². The van der Waals surface area contributed by atoms with E-state index in [2.05, 4.69) is 6.58 Å². The molecule has 0 aliphatic heterocycles. The van der Waals surface area contributed by atoms with Gasteiger partial charge in [0.2, 0.25) is 0 Å². The number of carboxylic acids is 1. The first kappa shape index (κ1) is 22.8. The number of carbonyl (C=O) groups is 1. The molecule has 2 aromatic carbocycles. The van der Waals surface area contributed by atoms with Crippen LogP contribution in [0.5, 0.6) is 5.75 Å². The van der Waals surface area contributed by atoms with Gasteiger partial charge in [0.15, 0.2) is 0 Å². The Balaban J connectivity index is 2.05. The Morgan fingerprint density at radius 2 is 1.74 bits per heavy atom. The Kier molecular flexibility index (Phi) is 8.33. The van der Waals surface area contributed by atoms with E-state index in [4.69, 9.17) is 8.92 Å². The predicted molar refractivity (Wildman–Crippen MR) is 127 cm³/mol. The molecule has 0 aliphatic rings. The van der Waals surface area contributed by atoms with E-state index in [1.54, 1.807) is 24.3 Å². The van der Waals surface area contributed by atoms with Crippen molar-refractivity contribution in [3.8, 4) is 5.75 Å². The quantitative estimate of drug-likeness (QED) is 0.243. The second-order valence-corrected chi connectivity index (χ2v) is 10.1. The van der Waals surface area contributed by atoms with E-state index in [-0.39, 0.29) is 23.7 Å². The molecule has 144 valence electrons. The molecule has 0 saturated heterocycles. The topological polar surface area (TPSA) is 89.9 Å². The summed E-state index contributed by atoms with van der Waals surface area (Å²) in [6.07, 6.45) is 1.61. The third kappa shape index (κ3) is 5.77. The first-order chi connectivity index (χ1) is 12.7. The zero-order chi connectivity index (χ0) is 20.2. The molecule has 6 nitrogen and oxygen atoms in total. The lowest BCUT2D eigenvalue weighted by molar-refractivity contribution is 0.0694. The highest BCUT2D eigenvalue weighted by Gasteiger charge is 2.21. The van der Waals surface area contributed by atoms with Crippen molar-refractivity contribution in [2.45, 2.75) is 4.90 Å². The van der Waals surface area contributed by atoms with Crippen LogP contribution in [0.25, 0.3) is 6.08 Å². The van der Waals surface area contributed by atoms with Crippen LogP contribution in [0, 0.1) is 10.7 Å². The number of hydrogen-bond acceptors (Lipinski definition) is 5. The molecule has 27 heavy (non-hydrogen) atoms. The van der Waals surface area contributed by atoms with E-state index in [1.165, 1.54) is 12.1 Å². The van der Waals surface area contributed by atoms with Crippen LogP contribution in [-0.2, 0) is 14.3 Å². The van der Waals surface area contributed by atoms with Gasteiger partial charge < -0.3 is 9.84 Å². The van der Waals surface area contributed by atoms with E-state index in [1.807, 2.05) is 67.8 Å². The number of rotatable bonds is 8. The monoisotopic (exact) mass is 726 g/mol. The highest BCUT2D eigenvalue weighted by atomic mass is 127. The molecule has 0 aliphatic carbocycles. The predicted octanol–water partition coefficient (Wildman–Crippen LogP) is 4.63. The zero-order valence-electron chi connectivity index (χ0n) is 13.6. The smallest absolute Gasteiger partial charge is 0.337 e. The molecule has 0 bridgehead atoms. The summed E-state index contributed by atoms with van der Waals surface area (Å²) in [4.78, 5) is 11.4. The van der Waals surface area contributed by atoms with Gasteiger partial charge in [-0.15, -0.1) is 0 Å². The third-order valence-electron chi connectivity index (χ3n) is 3.31. The van der Waals surface area contributed by atoms with Crippen molar-refractivity contribution in [3.05, 3.63) is 58.7 Å². The van der Waals surface area contributed by atoms with Crippen LogP contribution < -0.4 is 4.74 Å². The van der Waals surface area contributed by atoms with Gasteiger partial charge in [0.25, 0.3) is 10.1 Å². The number of halogens is 3. The Hall–Kier alpha value is -0.450. The molecule has 10 heteroatoms. The normalized spacial score (nSPS) is 11.2. The molecule has 0 amide bonds. The van der Waals surface area contributed by atoms with Crippen LogP contribution in [-0.4, -0.2) is 32.7 Å². The summed E-state index contributed by atoms with van der Waals surface area (Å²) in [6.45, 7) is 3.36. The maximum absolute atomic E-state index is 12.2. The number of benzene rings is 2. The van der Waals surface area contributed by atoms with E-state index >= 15 is 0 Å². The third-order valence-corrected chi connectivity index (χ3v) is 7.32. The van der Waals surface area contributed by atoms with Gasteiger partial charge in [0, 0.05) is 3.57 Å².